The summed E-state index contributed by atoms with van der Waals surface area (Å²) < 4.78 is -0.462. The van der Waals surface area contributed by atoms with Crippen molar-refractivity contribution in [3.8, 4) is 17.6 Å². The predicted molar refractivity (Wildman–Crippen MR) is 66.1 cm³/mol. The highest BCUT2D eigenvalue weighted by atomic mass is 35.6. The second kappa shape index (κ2) is 4.29. The molecule has 0 spiro atoms. The first-order chi connectivity index (χ1) is 7.89. The van der Waals surface area contributed by atoms with Crippen LogP contribution in [0.3, 0.4) is 0 Å². The topological polar surface area (TPSA) is 58.3 Å². The highest BCUT2D eigenvalue weighted by Crippen LogP contribution is 2.39. The summed E-state index contributed by atoms with van der Waals surface area (Å²) in [5.41, 5.74) is 0.389. The number of halogens is 3. The summed E-state index contributed by atoms with van der Waals surface area (Å²) in [5.74, 6) is -0.0539. The third-order valence-corrected chi connectivity index (χ3v) is 2.80. The number of aromatic hydroxyl groups is 2. The van der Waals surface area contributed by atoms with Crippen molar-refractivity contribution in [1.29, 1.82) is 0 Å². The van der Waals surface area contributed by atoms with E-state index in [9.17, 15) is 10.2 Å². The molecule has 0 aromatic carbocycles. The first-order valence-corrected chi connectivity index (χ1v) is 5.66. The lowest BCUT2D eigenvalue weighted by molar-refractivity contribution is 0.401. The Morgan fingerprint density at radius 2 is 1.65 bits per heavy atom. The number of hydrogen-bond acceptors (Lipinski definition) is 3. The third-order valence-electron chi connectivity index (χ3n) is 2.14. The van der Waals surface area contributed by atoms with Gasteiger partial charge in [0, 0.05) is 23.9 Å². The van der Waals surface area contributed by atoms with Gasteiger partial charge in [0.25, 0.3) is 0 Å². The highest BCUT2D eigenvalue weighted by molar-refractivity contribution is 6.66. The van der Waals surface area contributed by atoms with Crippen LogP contribution in [0.1, 0.15) is 5.56 Å². The Labute approximate surface area is 112 Å². The molecule has 0 amide bonds. The van der Waals surface area contributed by atoms with Crippen molar-refractivity contribution >= 4 is 34.8 Å². The third kappa shape index (κ3) is 2.44. The van der Waals surface area contributed by atoms with E-state index in [1.165, 1.54) is 30.5 Å². The summed E-state index contributed by atoms with van der Waals surface area (Å²) in [6.07, 6.45) is 1.42. The molecular weight excluding hydrogens is 286 g/mol. The summed E-state index contributed by atoms with van der Waals surface area (Å²) in [5, 5.41) is 19.1. The Kier molecular flexibility index (Phi) is 3.12. The molecule has 0 saturated carbocycles. The summed E-state index contributed by atoms with van der Waals surface area (Å²) >= 11 is 17.2. The maximum Gasteiger partial charge on any atom is 0.216 e. The number of aromatic nitrogens is 2. The van der Waals surface area contributed by atoms with Gasteiger partial charge in [-0.25, -0.2) is 9.55 Å². The van der Waals surface area contributed by atoms with Crippen LogP contribution < -0.4 is 0 Å². The molecular formula is C10H7Cl3N2O2. The molecule has 0 saturated heterocycles. The van der Waals surface area contributed by atoms with Crippen LogP contribution in [0.2, 0.25) is 0 Å². The highest BCUT2D eigenvalue weighted by Gasteiger charge is 2.23. The average Bonchev–Trinajstić information content (AvgIpc) is 2.57. The minimum Gasteiger partial charge on any atom is -0.494 e. The van der Waals surface area contributed by atoms with Crippen LogP contribution in [0.25, 0.3) is 5.82 Å². The maximum absolute atomic E-state index is 9.54. The van der Waals surface area contributed by atoms with E-state index < -0.39 is 3.79 Å². The smallest absolute Gasteiger partial charge is 0.216 e. The van der Waals surface area contributed by atoms with Gasteiger partial charge in [0.05, 0.1) is 0 Å². The fourth-order valence-electron chi connectivity index (χ4n) is 1.37. The Morgan fingerprint density at radius 3 is 2.18 bits per heavy atom. The lowest BCUT2D eigenvalue weighted by atomic mass is 10.3. The molecule has 0 aliphatic carbocycles. The number of pyridine rings is 1. The van der Waals surface area contributed by atoms with Crippen LogP contribution in [-0.2, 0) is 3.79 Å². The van der Waals surface area contributed by atoms with Gasteiger partial charge in [-0.1, -0.05) is 34.8 Å². The van der Waals surface area contributed by atoms with Gasteiger partial charge < -0.3 is 10.2 Å². The van der Waals surface area contributed by atoms with Crippen molar-refractivity contribution in [2.45, 2.75) is 3.79 Å². The minimum absolute atomic E-state index is 0.156. The quantitative estimate of drug-likeness (QED) is 0.794. The second-order valence-corrected chi connectivity index (χ2v) is 5.57. The molecule has 0 fully saturated rings. The van der Waals surface area contributed by atoms with Crippen molar-refractivity contribution in [2.75, 3.05) is 0 Å². The molecule has 0 unspecified atom stereocenters. The van der Waals surface area contributed by atoms with Crippen molar-refractivity contribution in [1.82, 2.24) is 9.55 Å². The molecule has 0 atom stereocenters. The second-order valence-electron chi connectivity index (χ2n) is 3.29. The summed E-state index contributed by atoms with van der Waals surface area (Å²) in [6, 6.07) is 5.67. The Hall–Kier alpha value is -1.10. The van der Waals surface area contributed by atoms with Gasteiger partial charge in [-0.2, -0.15) is 0 Å². The van der Waals surface area contributed by atoms with Crippen LogP contribution in [-0.4, -0.2) is 19.8 Å². The number of rotatable bonds is 1. The average molecular weight is 294 g/mol. The number of hydrogen-bond donors (Lipinski definition) is 2. The molecule has 2 aromatic rings. The zero-order valence-electron chi connectivity index (χ0n) is 8.31. The van der Waals surface area contributed by atoms with E-state index in [0.29, 0.717) is 5.56 Å². The van der Waals surface area contributed by atoms with Crippen molar-refractivity contribution < 1.29 is 10.2 Å². The Morgan fingerprint density at radius 1 is 1.06 bits per heavy atom. The van der Waals surface area contributed by atoms with Gasteiger partial charge in [-0.05, 0) is 12.1 Å². The molecule has 90 valence electrons. The Balaban J connectivity index is 2.55. The van der Waals surface area contributed by atoms with Gasteiger partial charge in [-0.15, -0.1) is 0 Å². The zero-order valence-corrected chi connectivity index (χ0v) is 10.6. The zero-order chi connectivity index (χ0) is 12.6. The molecule has 2 rings (SSSR count). The summed E-state index contributed by atoms with van der Waals surface area (Å²) in [7, 11) is 0. The van der Waals surface area contributed by atoms with Crippen LogP contribution in [0.5, 0.6) is 11.8 Å². The first kappa shape index (κ1) is 12.4. The lowest BCUT2D eigenvalue weighted by Gasteiger charge is -2.13. The maximum atomic E-state index is 9.54. The van der Waals surface area contributed by atoms with Gasteiger partial charge in [0.15, 0.2) is 11.8 Å². The number of nitrogens with zero attached hydrogens (tertiary/aromatic N) is 2. The van der Waals surface area contributed by atoms with Gasteiger partial charge in [0.1, 0.15) is 5.82 Å². The van der Waals surface area contributed by atoms with Crippen LogP contribution in [0, 0.1) is 0 Å². The predicted octanol–water partition coefficient (Wildman–Crippen LogP) is 3.11. The molecule has 2 N–H and O–H groups in total. The van der Waals surface area contributed by atoms with E-state index in [2.05, 4.69) is 4.98 Å². The summed E-state index contributed by atoms with van der Waals surface area (Å²) in [4.78, 5) is 3.98. The lowest BCUT2D eigenvalue weighted by Crippen LogP contribution is -2.03. The van der Waals surface area contributed by atoms with Gasteiger partial charge >= 0.3 is 0 Å². The molecule has 0 bridgehead atoms. The van der Waals surface area contributed by atoms with E-state index in [0.717, 1.165) is 4.57 Å². The fourth-order valence-corrected chi connectivity index (χ4v) is 1.72. The summed E-state index contributed by atoms with van der Waals surface area (Å²) in [6.45, 7) is 0. The molecule has 0 aliphatic rings. The van der Waals surface area contributed by atoms with E-state index in [1.54, 1.807) is 0 Å². The van der Waals surface area contributed by atoms with Crippen molar-refractivity contribution in [2.24, 2.45) is 0 Å². The van der Waals surface area contributed by atoms with Gasteiger partial charge in [0.2, 0.25) is 3.79 Å². The van der Waals surface area contributed by atoms with Crippen molar-refractivity contribution in [3.05, 3.63) is 36.0 Å². The largest absolute Gasteiger partial charge is 0.494 e. The molecule has 4 nitrogen and oxygen atoms in total. The van der Waals surface area contributed by atoms with E-state index in [4.69, 9.17) is 34.8 Å². The fraction of sp³-hybridized carbons (Fsp3) is 0.100. The minimum atomic E-state index is -1.59. The van der Waals surface area contributed by atoms with Crippen LogP contribution in [0.4, 0.5) is 0 Å². The standard InChI is InChI=1S/C10H7Cl3N2O2/c11-10(12,13)6-3-4-14-7(5-6)15-8(16)1-2-9(15)17/h1-5,16-17H. The van der Waals surface area contributed by atoms with Crippen LogP contribution in [0.15, 0.2) is 30.5 Å². The molecule has 7 heteroatoms. The van der Waals surface area contributed by atoms with E-state index in [1.807, 2.05) is 0 Å². The normalized spacial score (nSPS) is 11.7. The molecule has 2 aromatic heterocycles. The van der Waals surface area contributed by atoms with E-state index in [-0.39, 0.29) is 17.6 Å². The van der Waals surface area contributed by atoms with Gasteiger partial charge in [-0.3, -0.25) is 0 Å². The van der Waals surface area contributed by atoms with Crippen LogP contribution >= 0.6 is 34.8 Å². The molecule has 0 radical (unpaired) electrons. The SMILES string of the molecule is Oc1ccc(O)n1-c1cc(C(Cl)(Cl)Cl)ccn1. The molecule has 17 heavy (non-hydrogen) atoms. The molecule has 0 aliphatic heterocycles. The Bertz CT molecular complexity index is 529. The number of alkyl halides is 3. The first-order valence-electron chi connectivity index (χ1n) is 4.53. The van der Waals surface area contributed by atoms with Crippen molar-refractivity contribution in [3.63, 3.8) is 0 Å². The monoisotopic (exact) mass is 292 g/mol. The molecule has 2 heterocycles. The van der Waals surface area contributed by atoms with E-state index >= 15 is 0 Å².